The molecule has 0 N–H and O–H groups in total. The summed E-state index contributed by atoms with van der Waals surface area (Å²) in [5, 5.41) is 9.55. The molecule has 0 unspecified atom stereocenters. The first-order chi connectivity index (χ1) is 10.7. The monoisotopic (exact) mass is 309 g/mol. The van der Waals surface area contributed by atoms with Crippen LogP contribution in [0.2, 0.25) is 0 Å². The third-order valence-corrected chi connectivity index (χ3v) is 4.21. The maximum absolute atomic E-state index is 12.2. The molecular weight excluding hydrogens is 298 g/mol. The zero-order chi connectivity index (χ0) is 15.5. The Hall–Kier alpha value is -2.65. The average molecular weight is 309 g/mol. The third kappa shape index (κ3) is 2.59. The average Bonchev–Trinajstić information content (AvgIpc) is 2.80. The molecule has 1 aromatic heterocycles. The summed E-state index contributed by atoms with van der Waals surface area (Å²) in [4.78, 5) is 29.8. The molecule has 0 spiro atoms. The van der Waals surface area contributed by atoms with Crippen LogP contribution in [0, 0.1) is 11.3 Å². The van der Waals surface area contributed by atoms with Crippen LogP contribution in [0.3, 0.4) is 0 Å². The zero-order valence-electron chi connectivity index (χ0n) is 11.5. The van der Waals surface area contributed by atoms with Gasteiger partial charge in [0.05, 0.1) is 27.8 Å². The van der Waals surface area contributed by atoms with Crippen molar-refractivity contribution in [1.29, 1.82) is 5.26 Å². The molecule has 5 nitrogen and oxygen atoms in total. The molecule has 3 rings (SSSR count). The van der Waals surface area contributed by atoms with E-state index in [9.17, 15) is 9.59 Å². The van der Waals surface area contributed by atoms with Crippen molar-refractivity contribution in [3.05, 3.63) is 59.3 Å². The van der Waals surface area contributed by atoms with E-state index < -0.39 is 0 Å². The van der Waals surface area contributed by atoms with Crippen molar-refractivity contribution in [3.8, 4) is 6.07 Å². The molecule has 0 fully saturated rings. The molecule has 0 atom stereocenters. The number of fused-ring (bicyclic) bond motifs is 1. The quantitative estimate of drug-likeness (QED) is 0.640. The second-order valence-electron chi connectivity index (χ2n) is 4.65. The van der Waals surface area contributed by atoms with Gasteiger partial charge in [0.15, 0.2) is 0 Å². The number of rotatable bonds is 4. The summed E-state index contributed by atoms with van der Waals surface area (Å²) < 4.78 is 0. The molecule has 108 valence electrons. The van der Waals surface area contributed by atoms with Gasteiger partial charge in [0.25, 0.3) is 11.8 Å². The van der Waals surface area contributed by atoms with E-state index >= 15 is 0 Å². The topological polar surface area (TPSA) is 74.1 Å². The standard InChI is InChI=1S/C16H11N3O2S/c17-10-11-5-6-18-14(9-11)22-8-7-19-15(20)12-3-1-2-4-13(12)16(19)21/h1-6,9H,7-8H2. The molecule has 1 aliphatic heterocycles. The molecule has 1 aliphatic rings. The number of amides is 2. The van der Waals surface area contributed by atoms with Crippen LogP contribution in [0.15, 0.2) is 47.6 Å². The molecule has 2 heterocycles. The van der Waals surface area contributed by atoms with Crippen molar-refractivity contribution in [2.75, 3.05) is 12.3 Å². The molecule has 6 heteroatoms. The summed E-state index contributed by atoms with van der Waals surface area (Å²) in [5.41, 5.74) is 1.46. The first-order valence-electron chi connectivity index (χ1n) is 6.65. The van der Waals surface area contributed by atoms with E-state index in [1.807, 2.05) is 0 Å². The van der Waals surface area contributed by atoms with Gasteiger partial charge in [-0.3, -0.25) is 14.5 Å². The number of nitriles is 1. The van der Waals surface area contributed by atoms with Crippen LogP contribution in [0.25, 0.3) is 0 Å². The van der Waals surface area contributed by atoms with Gasteiger partial charge in [0, 0.05) is 18.5 Å². The number of thioether (sulfide) groups is 1. The summed E-state index contributed by atoms with van der Waals surface area (Å²) in [5.74, 6) is 0.0349. The summed E-state index contributed by atoms with van der Waals surface area (Å²) >= 11 is 1.41. The molecule has 0 saturated carbocycles. The summed E-state index contributed by atoms with van der Waals surface area (Å²) in [6.07, 6.45) is 1.57. The number of carbonyl (C=O) groups excluding carboxylic acids is 2. The van der Waals surface area contributed by atoms with E-state index in [4.69, 9.17) is 5.26 Å². The zero-order valence-corrected chi connectivity index (χ0v) is 12.3. The fraction of sp³-hybridized carbons (Fsp3) is 0.125. The number of imide groups is 1. The van der Waals surface area contributed by atoms with Gasteiger partial charge in [-0.1, -0.05) is 12.1 Å². The number of hydrogen-bond acceptors (Lipinski definition) is 5. The lowest BCUT2D eigenvalue weighted by molar-refractivity contribution is 0.0664. The Bertz CT molecular complexity index is 763. The van der Waals surface area contributed by atoms with Gasteiger partial charge in [-0.25, -0.2) is 4.98 Å². The summed E-state index contributed by atoms with van der Waals surface area (Å²) in [6.45, 7) is 0.315. The lowest BCUT2D eigenvalue weighted by atomic mass is 10.1. The fourth-order valence-corrected chi connectivity index (χ4v) is 3.07. The molecule has 2 amide bonds. The fourth-order valence-electron chi connectivity index (χ4n) is 2.24. The maximum Gasteiger partial charge on any atom is 0.261 e. The Morgan fingerprint density at radius 1 is 1.14 bits per heavy atom. The second-order valence-corrected chi connectivity index (χ2v) is 5.77. The van der Waals surface area contributed by atoms with E-state index in [0.717, 1.165) is 0 Å². The highest BCUT2D eigenvalue weighted by Crippen LogP contribution is 2.23. The Morgan fingerprint density at radius 2 is 1.82 bits per heavy atom. The van der Waals surface area contributed by atoms with Crippen molar-refractivity contribution in [2.24, 2.45) is 0 Å². The Kier molecular flexibility index (Phi) is 3.90. The van der Waals surface area contributed by atoms with Gasteiger partial charge in [0.2, 0.25) is 0 Å². The Morgan fingerprint density at radius 3 is 2.45 bits per heavy atom. The van der Waals surface area contributed by atoms with Crippen molar-refractivity contribution in [2.45, 2.75) is 5.03 Å². The first-order valence-corrected chi connectivity index (χ1v) is 7.63. The third-order valence-electron chi connectivity index (χ3n) is 3.31. The van der Waals surface area contributed by atoms with Crippen molar-refractivity contribution < 1.29 is 9.59 Å². The second kappa shape index (κ2) is 6.00. The highest BCUT2D eigenvalue weighted by Gasteiger charge is 2.34. The van der Waals surface area contributed by atoms with E-state index in [-0.39, 0.29) is 11.8 Å². The maximum atomic E-state index is 12.2. The van der Waals surface area contributed by atoms with Gasteiger partial charge < -0.3 is 0 Å². The van der Waals surface area contributed by atoms with E-state index in [1.54, 1.807) is 42.6 Å². The number of nitrogens with zero attached hydrogens (tertiary/aromatic N) is 3. The van der Waals surface area contributed by atoms with Gasteiger partial charge in [-0.15, -0.1) is 11.8 Å². The number of pyridine rings is 1. The molecular formula is C16H11N3O2S. The van der Waals surface area contributed by atoms with Crippen LogP contribution in [0.1, 0.15) is 26.3 Å². The number of carbonyl (C=O) groups is 2. The number of aromatic nitrogens is 1. The highest BCUT2D eigenvalue weighted by molar-refractivity contribution is 7.99. The normalized spacial score (nSPS) is 13.1. The van der Waals surface area contributed by atoms with Crippen LogP contribution in [0.4, 0.5) is 0 Å². The highest BCUT2D eigenvalue weighted by atomic mass is 32.2. The first kappa shape index (κ1) is 14.3. The van der Waals surface area contributed by atoms with Gasteiger partial charge in [0.1, 0.15) is 0 Å². The Balaban J connectivity index is 1.65. The summed E-state index contributed by atoms with van der Waals surface area (Å²) in [6, 6.07) is 12.2. The van der Waals surface area contributed by atoms with Crippen molar-refractivity contribution >= 4 is 23.6 Å². The minimum atomic E-state index is -0.250. The van der Waals surface area contributed by atoms with Crippen molar-refractivity contribution in [3.63, 3.8) is 0 Å². The molecule has 1 aromatic carbocycles. The van der Waals surface area contributed by atoms with E-state index in [0.29, 0.717) is 34.0 Å². The van der Waals surface area contributed by atoms with Crippen LogP contribution >= 0.6 is 11.8 Å². The SMILES string of the molecule is N#Cc1ccnc(SCCN2C(=O)c3ccccc3C2=O)c1. The van der Waals surface area contributed by atoms with Crippen LogP contribution in [-0.2, 0) is 0 Å². The molecule has 0 radical (unpaired) electrons. The number of hydrogen-bond donors (Lipinski definition) is 0. The van der Waals surface area contributed by atoms with Gasteiger partial charge in [-0.05, 0) is 24.3 Å². The van der Waals surface area contributed by atoms with Crippen LogP contribution in [-0.4, -0.2) is 34.0 Å². The minimum absolute atomic E-state index is 0.250. The smallest absolute Gasteiger partial charge is 0.261 e. The molecule has 2 aromatic rings. The minimum Gasteiger partial charge on any atom is -0.273 e. The van der Waals surface area contributed by atoms with Crippen LogP contribution in [0.5, 0.6) is 0 Å². The lowest BCUT2D eigenvalue weighted by Gasteiger charge is -2.12. The van der Waals surface area contributed by atoms with Gasteiger partial charge >= 0.3 is 0 Å². The molecule has 22 heavy (non-hydrogen) atoms. The molecule has 0 bridgehead atoms. The Labute approximate surface area is 131 Å². The van der Waals surface area contributed by atoms with Crippen LogP contribution < -0.4 is 0 Å². The predicted octanol–water partition coefficient (Wildman–Crippen LogP) is 2.34. The van der Waals surface area contributed by atoms with Gasteiger partial charge in [-0.2, -0.15) is 5.26 Å². The largest absolute Gasteiger partial charge is 0.273 e. The summed E-state index contributed by atoms with van der Waals surface area (Å²) in [7, 11) is 0. The molecule has 0 aliphatic carbocycles. The lowest BCUT2D eigenvalue weighted by Crippen LogP contribution is -2.31. The number of benzene rings is 1. The van der Waals surface area contributed by atoms with E-state index in [1.165, 1.54) is 16.7 Å². The molecule has 0 saturated heterocycles. The predicted molar refractivity (Wildman–Crippen MR) is 81.5 cm³/mol. The van der Waals surface area contributed by atoms with Crippen molar-refractivity contribution in [1.82, 2.24) is 9.88 Å². The van der Waals surface area contributed by atoms with E-state index in [2.05, 4.69) is 11.1 Å².